The van der Waals surface area contributed by atoms with Gasteiger partial charge in [0.2, 0.25) is 0 Å². The van der Waals surface area contributed by atoms with Crippen LogP contribution in [0.5, 0.6) is 0 Å². The number of nitrogens with zero attached hydrogens (tertiary/aromatic N) is 1. The molecule has 30 heavy (non-hydrogen) atoms. The van der Waals surface area contributed by atoms with Crippen LogP contribution in [0, 0.1) is 11.7 Å². The SMILES string of the molecule is C=C(Nc1cccc(N2CCC2=C)c1)NC(C1=C(C)c2cc(F)ccc2C1)C(C)C. The topological polar surface area (TPSA) is 27.3 Å². The fraction of sp³-hybridized carbons (Fsp3) is 0.308. The predicted molar refractivity (Wildman–Crippen MR) is 125 cm³/mol. The van der Waals surface area contributed by atoms with Gasteiger partial charge in [-0.25, -0.2) is 4.39 Å². The molecule has 2 aromatic carbocycles. The fourth-order valence-corrected chi connectivity index (χ4v) is 4.40. The molecule has 0 aromatic heterocycles. The number of halogens is 1. The molecule has 2 aliphatic rings. The Morgan fingerprint density at radius 3 is 2.63 bits per heavy atom. The molecular formula is C26H30FN3. The molecule has 1 fully saturated rings. The van der Waals surface area contributed by atoms with Crippen LogP contribution in [0.15, 0.2) is 72.7 Å². The zero-order valence-electron chi connectivity index (χ0n) is 18.1. The van der Waals surface area contributed by atoms with Crippen LogP contribution < -0.4 is 15.5 Å². The molecule has 0 amide bonds. The van der Waals surface area contributed by atoms with E-state index < -0.39 is 0 Å². The number of hydrogen-bond donors (Lipinski definition) is 2. The molecule has 0 bridgehead atoms. The Bertz CT molecular complexity index is 1030. The highest BCUT2D eigenvalue weighted by atomic mass is 19.1. The standard InChI is InChI=1S/C26H30FN3/c1-16(2)26(25-13-20-9-10-21(27)14-24(20)18(25)4)29-19(5)28-22-7-6-8-23(15-22)30-12-11-17(30)3/h6-10,14-16,26,28-29H,3,5,11-13H2,1-2,4H3. The van der Waals surface area contributed by atoms with E-state index in [9.17, 15) is 4.39 Å². The number of anilines is 2. The first kappa shape index (κ1) is 20.3. The summed E-state index contributed by atoms with van der Waals surface area (Å²) in [5, 5.41) is 6.99. The molecule has 0 saturated carbocycles. The van der Waals surface area contributed by atoms with Gasteiger partial charge in [-0.3, -0.25) is 0 Å². The maximum atomic E-state index is 13.7. The summed E-state index contributed by atoms with van der Waals surface area (Å²) in [6.07, 6.45) is 1.90. The first-order chi connectivity index (χ1) is 14.3. The van der Waals surface area contributed by atoms with E-state index in [-0.39, 0.29) is 11.9 Å². The fourth-order valence-electron chi connectivity index (χ4n) is 4.40. The molecule has 2 aromatic rings. The highest BCUT2D eigenvalue weighted by Crippen LogP contribution is 2.36. The third-order valence-electron chi connectivity index (χ3n) is 6.17. The zero-order chi connectivity index (χ0) is 21.4. The lowest BCUT2D eigenvalue weighted by Crippen LogP contribution is -2.37. The maximum absolute atomic E-state index is 13.7. The summed E-state index contributed by atoms with van der Waals surface area (Å²) in [5.41, 5.74) is 7.99. The summed E-state index contributed by atoms with van der Waals surface area (Å²) < 4.78 is 13.7. The van der Waals surface area contributed by atoms with Crippen LogP contribution in [0.3, 0.4) is 0 Å². The van der Waals surface area contributed by atoms with Crippen LogP contribution >= 0.6 is 0 Å². The smallest absolute Gasteiger partial charge is 0.123 e. The second-order valence-electron chi connectivity index (χ2n) is 8.62. The molecule has 4 heteroatoms. The minimum absolute atomic E-state index is 0.124. The molecule has 1 aliphatic heterocycles. The van der Waals surface area contributed by atoms with Crippen molar-refractivity contribution < 1.29 is 4.39 Å². The number of fused-ring (bicyclic) bond motifs is 1. The minimum Gasteiger partial charge on any atom is -0.365 e. The molecule has 0 radical (unpaired) electrons. The molecule has 1 unspecified atom stereocenters. The van der Waals surface area contributed by atoms with E-state index >= 15 is 0 Å². The molecule has 0 spiro atoms. The summed E-state index contributed by atoms with van der Waals surface area (Å²) in [5.74, 6) is 0.943. The lowest BCUT2D eigenvalue weighted by atomic mass is 9.92. The van der Waals surface area contributed by atoms with E-state index in [4.69, 9.17) is 0 Å². The second-order valence-corrected chi connectivity index (χ2v) is 8.62. The number of nitrogens with one attached hydrogen (secondary N) is 2. The van der Waals surface area contributed by atoms with Crippen molar-refractivity contribution in [3.8, 4) is 0 Å². The minimum atomic E-state index is -0.181. The summed E-state index contributed by atoms with van der Waals surface area (Å²) in [6, 6.07) is 13.5. The van der Waals surface area contributed by atoms with Crippen molar-refractivity contribution in [3.05, 3.63) is 89.7 Å². The lowest BCUT2D eigenvalue weighted by molar-refractivity contribution is 0.479. The molecule has 2 N–H and O–H groups in total. The van der Waals surface area contributed by atoms with Gasteiger partial charge in [0.25, 0.3) is 0 Å². The van der Waals surface area contributed by atoms with Gasteiger partial charge in [-0.1, -0.05) is 39.1 Å². The summed E-state index contributed by atoms with van der Waals surface area (Å²) in [4.78, 5) is 2.22. The molecule has 3 nitrogen and oxygen atoms in total. The van der Waals surface area contributed by atoms with Gasteiger partial charge < -0.3 is 15.5 Å². The highest BCUT2D eigenvalue weighted by Gasteiger charge is 2.27. The van der Waals surface area contributed by atoms with Crippen molar-refractivity contribution >= 4 is 16.9 Å². The average molecular weight is 404 g/mol. The van der Waals surface area contributed by atoms with E-state index in [1.54, 1.807) is 12.1 Å². The Balaban J connectivity index is 1.49. The second kappa shape index (κ2) is 8.02. The lowest BCUT2D eigenvalue weighted by Gasteiger charge is -2.36. The summed E-state index contributed by atoms with van der Waals surface area (Å²) in [6.45, 7) is 15.8. The Morgan fingerprint density at radius 2 is 1.97 bits per heavy atom. The van der Waals surface area contributed by atoms with Crippen LogP contribution in [0.1, 0.15) is 38.3 Å². The van der Waals surface area contributed by atoms with Gasteiger partial charge in [0.05, 0.1) is 11.9 Å². The van der Waals surface area contributed by atoms with Gasteiger partial charge in [-0.2, -0.15) is 0 Å². The molecule has 1 heterocycles. The molecule has 4 rings (SSSR count). The molecule has 1 aliphatic carbocycles. The summed E-state index contributed by atoms with van der Waals surface area (Å²) >= 11 is 0. The van der Waals surface area contributed by atoms with Crippen LogP contribution in [0.2, 0.25) is 0 Å². The Labute approximate surface area is 179 Å². The molecule has 156 valence electrons. The van der Waals surface area contributed by atoms with Crippen LogP contribution in [-0.2, 0) is 6.42 Å². The van der Waals surface area contributed by atoms with Crippen molar-refractivity contribution in [2.75, 3.05) is 16.8 Å². The van der Waals surface area contributed by atoms with Crippen molar-refractivity contribution in [3.63, 3.8) is 0 Å². The Kier molecular flexibility index (Phi) is 5.42. The van der Waals surface area contributed by atoms with Crippen molar-refractivity contribution in [1.82, 2.24) is 5.32 Å². The average Bonchev–Trinajstić information content (AvgIpc) is 3.01. The summed E-state index contributed by atoms with van der Waals surface area (Å²) in [7, 11) is 0. The number of benzene rings is 2. The van der Waals surface area contributed by atoms with E-state index in [1.165, 1.54) is 16.7 Å². The van der Waals surface area contributed by atoms with E-state index in [0.717, 1.165) is 47.8 Å². The van der Waals surface area contributed by atoms with Crippen molar-refractivity contribution in [2.24, 2.45) is 5.92 Å². The van der Waals surface area contributed by atoms with Gasteiger partial charge >= 0.3 is 0 Å². The molecule has 1 saturated heterocycles. The van der Waals surface area contributed by atoms with E-state index in [2.05, 4.69) is 61.6 Å². The third kappa shape index (κ3) is 3.87. The number of rotatable bonds is 7. The number of allylic oxidation sites excluding steroid dienone is 1. The van der Waals surface area contributed by atoms with Gasteiger partial charge in [0, 0.05) is 30.0 Å². The Hall–Kier alpha value is -3.01. The van der Waals surface area contributed by atoms with Crippen LogP contribution in [0.25, 0.3) is 5.57 Å². The van der Waals surface area contributed by atoms with Gasteiger partial charge in [-0.15, -0.1) is 0 Å². The molecular weight excluding hydrogens is 373 g/mol. The number of hydrogen-bond acceptors (Lipinski definition) is 3. The van der Waals surface area contributed by atoms with Gasteiger partial charge in [0.1, 0.15) is 5.82 Å². The van der Waals surface area contributed by atoms with Gasteiger partial charge in [0.15, 0.2) is 0 Å². The zero-order valence-corrected chi connectivity index (χ0v) is 18.1. The first-order valence-corrected chi connectivity index (χ1v) is 10.6. The van der Waals surface area contributed by atoms with Crippen molar-refractivity contribution in [1.29, 1.82) is 0 Å². The largest absolute Gasteiger partial charge is 0.365 e. The maximum Gasteiger partial charge on any atom is 0.123 e. The van der Waals surface area contributed by atoms with Crippen molar-refractivity contribution in [2.45, 2.75) is 39.7 Å². The quantitative estimate of drug-likeness (QED) is 0.587. The predicted octanol–water partition coefficient (Wildman–Crippen LogP) is 6.08. The van der Waals surface area contributed by atoms with E-state index in [0.29, 0.717) is 5.92 Å². The highest BCUT2D eigenvalue weighted by molar-refractivity contribution is 5.76. The molecule has 1 atom stereocenters. The van der Waals surface area contributed by atoms with Crippen LogP contribution in [0.4, 0.5) is 15.8 Å². The first-order valence-electron chi connectivity index (χ1n) is 10.6. The Morgan fingerprint density at radius 1 is 1.17 bits per heavy atom. The normalized spacial score (nSPS) is 16.4. The third-order valence-corrected chi connectivity index (χ3v) is 6.17. The van der Waals surface area contributed by atoms with Crippen LogP contribution in [-0.4, -0.2) is 12.6 Å². The van der Waals surface area contributed by atoms with Gasteiger partial charge in [-0.05, 0) is 71.9 Å². The van der Waals surface area contributed by atoms with E-state index in [1.807, 2.05) is 18.2 Å². The monoisotopic (exact) mass is 403 g/mol.